The van der Waals surface area contributed by atoms with Gasteiger partial charge in [-0.1, -0.05) is 60.7 Å². The number of hydrogen-bond acceptors (Lipinski definition) is 3. The summed E-state index contributed by atoms with van der Waals surface area (Å²) >= 11 is 0. The summed E-state index contributed by atoms with van der Waals surface area (Å²) in [7, 11) is 0. The Bertz CT molecular complexity index is 3720. The van der Waals surface area contributed by atoms with Crippen molar-refractivity contribution in [1.29, 1.82) is 15.8 Å². The van der Waals surface area contributed by atoms with Gasteiger partial charge in [0.05, 0.1) is 79.0 Å². The van der Waals surface area contributed by atoms with Crippen LogP contribution in [0.2, 0.25) is 0 Å². The Morgan fingerprint density at radius 2 is 0.639 bits per heavy atom. The fourth-order valence-corrected chi connectivity index (χ4v) is 9.23. The van der Waals surface area contributed by atoms with Crippen molar-refractivity contribution in [2.75, 3.05) is 0 Å². The van der Waals surface area contributed by atoms with Crippen LogP contribution >= 0.6 is 0 Å². The molecule has 0 spiro atoms. The molecule has 354 valence electrons. The van der Waals surface area contributed by atoms with E-state index in [1.54, 1.807) is 69.8 Å². The fourth-order valence-electron chi connectivity index (χ4n) is 9.23. The summed E-state index contributed by atoms with van der Waals surface area (Å²) in [6.45, 7) is 0. The molecule has 2 aromatic heterocycles. The van der Waals surface area contributed by atoms with Crippen LogP contribution in [0.1, 0.15) is 38.9 Å². The molecule has 0 N–H and O–H groups in total. The van der Waals surface area contributed by atoms with Gasteiger partial charge in [-0.05, 0) is 124 Å². The van der Waals surface area contributed by atoms with E-state index in [0.29, 0.717) is 56.8 Å². The first kappa shape index (κ1) is 46.7. The molecule has 8 aromatic carbocycles. The predicted molar refractivity (Wildman–Crippen MR) is 246 cm³/mol. The third kappa shape index (κ3) is 8.06. The van der Waals surface area contributed by atoms with Gasteiger partial charge in [-0.2, -0.15) is 68.5 Å². The maximum absolute atomic E-state index is 14.1. The summed E-state index contributed by atoms with van der Waals surface area (Å²) < 4.78 is 173. The number of halogens is 12. The minimum Gasteiger partial charge on any atom is -0.308 e. The highest BCUT2D eigenvalue weighted by Crippen LogP contribution is 2.45. The Balaban J connectivity index is 1.32. The quantitative estimate of drug-likeness (QED) is 0.161. The molecule has 0 radical (unpaired) electrons. The van der Waals surface area contributed by atoms with Gasteiger partial charge < -0.3 is 9.13 Å². The van der Waals surface area contributed by atoms with E-state index in [2.05, 4.69) is 6.07 Å². The van der Waals surface area contributed by atoms with E-state index in [1.807, 2.05) is 12.1 Å². The molecule has 17 heteroatoms. The zero-order chi connectivity index (χ0) is 51.2. The normalized spacial score (nSPS) is 12.4. The van der Waals surface area contributed by atoms with Crippen LogP contribution in [0, 0.1) is 34.0 Å². The molecule has 2 heterocycles. The topological polar surface area (TPSA) is 81.2 Å². The van der Waals surface area contributed by atoms with Crippen molar-refractivity contribution in [3.63, 3.8) is 0 Å². The lowest BCUT2D eigenvalue weighted by Gasteiger charge is -2.19. The van der Waals surface area contributed by atoms with Crippen molar-refractivity contribution in [3.05, 3.63) is 191 Å². The Morgan fingerprint density at radius 1 is 0.306 bits per heavy atom. The summed E-state index contributed by atoms with van der Waals surface area (Å²) in [5.74, 6) is 0. The first-order valence-corrected chi connectivity index (χ1v) is 21.3. The van der Waals surface area contributed by atoms with Gasteiger partial charge in [-0.25, -0.2) is 0 Å². The van der Waals surface area contributed by atoms with Crippen molar-refractivity contribution in [1.82, 2.24) is 9.13 Å². The Kier molecular flexibility index (Phi) is 10.7. The monoisotopic (exact) mass is 983 g/mol. The molecule has 72 heavy (non-hydrogen) atoms. The third-order valence-corrected chi connectivity index (χ3v) is 12.4. The predicted octanol–water partition coefficient (Wildman–Crippen LogP) is 16.6. The van der Waals surface area contributed by atoms with Gasteiger partial charge in [0.15, 0.2) is 0 Å². The Hall–Kier alpha value is -9.01. The minimum absolute atomic E-state index is 0.0152. The lowest BCUT2D eigenvalue weighted by Crippen LogP contribution is -2.11. The largest absolute Gasteiger partial charge is 0.416 e. The number of rotatable bonds is 5. The van der Waals surface area contributed by atoms with Crippen LogP contribution in [-0.2, 0) is 24.7 Å². The molecular weight excluding hydrogens is 959 g/mol. The van der Waals surface area contributed by atoms with Crippen molar-refractivity contribution in [3.8, 4) is 63.0 Å². The molecule has 0 bridgehead atoms. The van der Waals surface area contributed by atoms with Gasteiger partial charge in [0.1, 0.15) is 11.6 Å². The zero-order valence-electron chi connectivity index (χ0n) is 36.2. The van der Waals surface area contributed by atoms with Crippen LogP contribution in [-0.4, -0.2) is 9.13 Å². The van der Waals surface area contributed by atoms with Crippen molar-refractivity contribution < 1.29 is 52.7 Å². The van der Waals surface area contributed by atoms with Gasteiger partial charge in [0.25, 0.3) is 0 Å². The summed E-state index contributed by atoms with van der Waals surface area (Å²) in [6, 6.07) is 38.2. The first-order valence-electron chi connectivity index (χ1n) is 21.3. The van der Waals surface area contributed by atoms with E-state index in [1.165, 1.54) is 54.6 Å². The highest BCUT2D eigenvalue weighted by molar-refractivity contribution is 6.12. The van der Waals surface area contributed by atoms with Crippen molar-refractivity contribution in [2.24, 2.45) is 0 Å². The van der Waals surface area contributed by atoms with Crippen molar-refractivity contribution >= 4 is 43.6 Å². The number of para-hydroxylation sites is 2. The van der Waals surface area contributed by atoms with Crippen LogP contribution in [0.3, 0.4) is 0 Å². The lowest BCUT2D eigenvalue weighted by molar-refractivity contribution is -0.144. The third-order valence-electron chi connectivity index (χ3n) is 12.4. The standard InChI is InChI=1S/C55H25F12N5/c56-52(57,58)37-16-34(17-38(24-37)53(59,60)61)31-9-11-43-41-5-1-3-7-46(41)71(48(43)20-31)50-22-36(33-14-29(26-68)13-30(15-33)27-69)23-51(45(50)28-70)72-47-8-4-2-6-42(47)44-12-10-32(21-49(44)72)35-18-39(54(62,63)64)25-40(19-35)55(65,66)67/h1-25H. The molecule has 0 saturated heterocycles. The molecule has 0 unspecified atom stereocenters. The molecule has 0 saturated carbocycles. The molecular formula is C55H25F12N5. The van der Waals surface area contributed by atoms with Crippen LogP contribution in [0.15, 0.2) is 152 Å². The summed E-state index contributed by atoms with van der Waals surface area (Å²) in [6.07, 6.45) is -20.6. The van der Waals surface area contributed by atoms with Crippen LogP contribution < -0.4 is 0 Å². The molecule has 0 aliphatic carbocycles. The number of nitrogens with zero attached hydrogens (tertiary/aromatic N) is 5. The van der Waals surface area contributed by atoms with Gasteiger partial charge in [0.2, 0.25) is 0 Å². The molecule has 10 rings (SSSR count). The number of alkyl halides is 12. The molecule has 5 nitrogen and oxygen atoms in total. The molecule has 0 atom stereocenters. The zero-order valence-corrected chi connectivity index (χ0v) is 36.2. The maximum Gasteiger partial charge on any atom is 0.416 e. The molecule has 0 aliphatic rings. The minimum atomic E-state index is -5.16. The van der Waals surface area contributed by atoms with Crippen LogP contribution in [0.25, 0.3) is 88.4 Å². The van der Waals surface area contributed by atoms with E-state index in [-0.39, 0.29) is 73.5 Å². The number of fused-ring (bicyclic) bond motifs is 6. The molecule has 10 aromatic rings. The second-order valence-corrected chi connectivity index (χ2v) is 16.8. The van der Waals surface area contributed by atoms with Gasteiger partial charge >= 0.3 is 24.7 Å². The lowest BCUT2D eigenvalue weighted by atomic mass is 9.96. The van der Waals surface area contributed by atoms with E-state index in [0.717, 1.165) is 0 Å². The average Bonchev–Trinajstić information content (AvgIpc) is 3.86. The molecule has 0 fully saturated rings. The van der Waals surface area contributed by atoms with Crippen molar-refractivity contribution in [2.45, 2.75) is 24.7 Å². The highest BCUT2D eigenvalue weighted by Gasteiger charge is 2.39. The van der Waals surface area contributed by atoms with E-state index in [9.17, 15) is 68.5 Å². The second-order valence-electron chi connectivity index (χ2n) is 16.8. The summed E-state index contributed by atoms with van der Waals surface area (Å²) in [5.41, 5.74) is -5.10. The Morgan fingerprint density at radius 3 is 0.986 bits per heavy atom. The van der Waals surface area contributed by atoms with Gasteiger partial charge in [-0.3, -0.25) is 0 Å². The highest BCUT2D eigenvalue weighted by atomic mass is 19.4. The fraction of sp³-hybridized carbons (Fsp3) is 0.0727. The van der Waals surface area contributed by atoms with E-state index >= 15 is 0 Å². The number of hydrogen-bond donors (Lipinski definition) is 0. The average molecular weight is 984 g/mol. The molecule has 0 aliphatic heterocycles. The van der Waals surface area contributed by atoms with E-state index < -0.39 is 58.1 Å². The SMILES string of the molecule is N#Cc1cc(C#N)cc(-c2cc(-n3c4ccccc4c4ccc(-c5cc(C(F)(F)F)cc(C(F)(F)F)c5)cc43)c(C#N)c(-n3c4ccccc4c4ccc(-c5cc(C(F)(F)F)cc(C(F)(F)F)c5)cc43)c2)c1. The van der Waals surface area contributed by atoms with Crippen LogP contribution in [0.4, 0.5) is 52.7 Å². The smallest absolute Gasteiger partial charge is 0.308 e. The summed E-state index contributed by atoms with van der Waals surface area (Å²) in [5, 5.41) is 33.5. The number of aromatic nitrogens is 2. The number of nitriles is 3. The maximum atomic E-state index is 14.1. The number of benzene rings is 8. The molecule has 0 amide bonds. The van der Waals surface area contributed by atoms with Gasteiger partial charge in [-0.15, -0.1) is 0 Å². The van der Waals surface area contributed by atoms with Crippen LogP contribution in [0.5, 0.6) is 0 Å². The summed E-state index contributed by atoms with van der Waals surface area (Å²) in [4.78, 5) is 0. The first-order chi connectivity index (χ1) is 34.0. The second kappa shape index (κ2) is 16.6. The Labute approximate surface area is 398 Å². The van der Waals surface area contributed by atoms with E-state index in [4.69, 9.17) is 0 Å². The van der Waals surface area contributed by atoms with Gasteiger partial charge in [0, 0.05) is 21.5 Å².